The molecule has 0 spiro atoms. The number of nitrogens with zero attached hydrogens (tertiary/aromatic N) is 2. The third-order valence-corrected chi connectivity index (χ3v) is 3.89. The van der Waals surface area contributed by atoms with Gasteiger partial charge < -0.3 is 0 Å². The van der Waals surface area contributed by atoms with Crippen molar-refractivity contribution in [3.63, 3.8) is 0 Å². The highest BCUT2D eigenvalue weighted by Gasteiger charge is 2.40. The van der Waals surface area contributed by atoms with E-state index in [4.69, 9.17) is 0 Å². The Morgan fingerprint density at radius 3 is 2.56 bits per heavy atom. The lowest BCUT2D eigenvalue weighted by atomic mass is 10.1. The van der Waals surface area contributed by atoms with Crippen molar-refractivity contribution in [2.75, 3.05) is 4.90 Å². The second-order valence-corrected chi connectivity index (χ2v) is 5.87. The van der Waals surface area contributed by atoms with Gasteiger partial charge in [-0.3, -0.25) is 19.7 Å². The topological polar surface area (TPSA) is 108 Å². The third kappa shape index (κ3) is 3.90. The van der Waals surface area contributed by atoms with Crippen molar-refractivity contribution in [1.29, 1.82) is 0 Å². The summed E-state index contributed by atoms with van der Waals surface area (Å²) in [5.41, 5.74) is 3.83. The molecule has 0 aromatic heterocycles. The summed E-state index contributed by atoms with van der Waals surface area (Å²) in [6, 6.07) is 14.3. The van der Waals surface area contributed by atoms with Crippen LogP contribution in [0.4, 0.5) is 10.5 Å². The molecule has 0 aliphatic carbocycles. The molecular formula is C19H16N4O4. The van der Waals surface area contributed by atoms with E-state index in [-0.39, 0.29) is 0 Å². The lowest BCUT2D eigenvalue weighted by Crippen LogP contribution is -2.58. The van der Waals surface area contributed by atoms with Crippen LogP contribution >= 0.6 is 0 Å². The Bertz CT molecular complexity index is 940. The van der Waals surface area contributed by atoms with Crippen LogP contribution in [0, 0.1) is 12.8 Å². The summed E-state index contributed by atoms with van der Waals surface area (Å²) in [7, 11) is 0. The molecular weight excluding hydrogens is 348 g/mol. The van der Waals surface area contributed by atoms with E-state index in [2.05, 4.69) is 15.8 Å². The van der Waals surface area contributed by atoms with Crippen molar-refractivity contribution in [3.05, 3.63) is 65.7 Å². The summed E-state index contributed by atoms with van der Waals surface area (Å²) < 4.78 is 0. The predicted molar refractivity (Wildman–Crippen MR) is 98.1 cm³/mol. The van der Waals surface area contributed by atoms with Crippen LogP contribution in [0.25, 0.3) is 0 Å². The molecule has 8 heteroatoms. The Morgan fingerprint density at radius 2 is 1.85 bits per heavy atom. The number of carbonyl (C=O) groups excluding carboxylic acids is 4. The fraction of sp³-hybridized carbons (Fsp3) is 0.105. The summed E-state index contributed by atoms with van der Waals surface area (Å²) in [5, 5.41) is 5.82. The number of aryl methyl sites for hydroxylation is 1. The molecule has 5 amide bonds. The van der Waals surface area contributed by atoms with Crippen molar-refractivity contribution in [3.8, 4) is 0 Å². The van der Waals surface area contributed by atoms with Crippen LogP contribution in [0.2, 0.25) is 0 Å². The standard InChI is InChI=1S/C19H16N4O4/c1-12-6-5-9-14(10-12)23-18(26)15(17(25)21-19(23)27)11-20-22-16(24)13-7-3-2-4-8-13/h2-11,15H,1H3,(H,22,24)(H,21,25,27)/b20-11-/t15-/m0/s1. The molecule has 1 fully saturated rings. The van der Waals surface area contributed by atoms with E-state index >= 15 is 0 Å². The van der Waals surface area contributed by atoms with E-state index in [0.29, 0.717) is 11.3 Å². The van der Waals surface area contributed by atoms with E-state index in [1.807, 2.05) is 13.0 Å². The number of hydrazone groups is 1. The van der Waals surface area contributed by atoms with Gasteiger partial charge in [-0.05, 0) is 36.8 Å². The van der Waals surface area contributed by atoms with Gasteiger partial charge in [0.25, 0.3) is 11.8 Å². The lowest BCUT2D eigenvalue weighted by molar-refractivity contribution is -0.131. The van der Waals surface area contributed by atoms with Gasteiger partial charge in [-0.1, -0.05) is 30.3 Å². The number of barbiturate groups is 1. The van der Waals surface area contributed by atoms with Gasteiger partial charge in [0.05, 0.1) is 5.69 Å². The van der Waals surface area contributed by atoms with Crippen LogP contribution in [-0.2, 0) is 9.59 Å². The Hall–Kier alpha value is -3.81. The molecule has 0 unspecified atom stereocenters. The predicted octanol–water partition coefficient (Wildman–Crippen LogP) is 1.61. The molecule has 1 heterocycles. The van der Waals surface area contributed by atoms with Crippen molar-refractivity contribution >= 4 is 35.7 Å². The first-order valence-electron chi connectivity index (χ1n) is 8.11. The molecule has 2 aromatic carbocycles. The Balaban J connectivity index is 1.76. The summed E-state index contributed by atoms with van der Waals surface area (Å²) in [6.07, 6.45) is 1.01. The van der Waals surface area contributed by atoms with Crippen LogP contribution in [0.15, 0.2) is 59.7 Å². The van der Waals surface area contributed by atoms with E-state index in [9.17, 15) is 19.2 Å². The number of hydrogen-bond acceptors (Lipinski definition) is 5. The summed E-state index contributed by atoms with van der Waals surface area (Å²) in [4.78, 5) is 49.6. The first-order chi connectivity index (χ1) is 13.0. The van der Waals surface area contributed by atoms with Crippen molar-refractivity contribution in [2.24, 2.45) is 11.0 Å². The van der Waals surface area contributed by atoms with Crippen LogP contribution in [0.5, 0.6) is 0 Å². The highest BCUT2D eigenvalue weighted by molar-refractivity contribution is 6.32. The Morgan fingerprint density at radius 1 is 1.11 bits per heavy atom. The normalized spacial score (nSPS) is 17.1. The molecule has 8 nitrogen and oxygen atoms in total. The molecule has 1 aliphatic rings. The Kier molecular flexibility index (Phi) is 5.07. The molecule has 27 heavy (non-hydrogen) atoms. The maximum atomic E-state index is 12.6. The number of amides is 5. The quantitative estimate of drug-likeness (QED) is 0.488. The number of rotatable bonds is 4. The van der Waals surface area contributed by atoms with Crippen LogP contribution in [-0.4, -0.2) is 30.0 Å². The molecule has 136 valence electrons. The van der Waals surface area contributed by atoms with E-state index in [1.165, 1.54) is 0 Å². The van der Waals surface area contributed by atoms with Crippen molar-refractivity contribution in [1.82, 2.24) is 10.7 Å². The average Bonchev–Trinajstić information content (AvgIpc) is 2.65. The maximum Gasteiger partial charge on any atom is 0.335 e. The van der Waals surface area contributed by atoms with Gasteiger partial charge in [-0.15, -0.1) is 0 Å². The zero-order chi connectivity index (χ0) is 19.4. The number of nitrogens with one attached hydrogen (secondary N) is 2. The Labute approximate surface area is 154 Å². The van der Waals surface area contributed by atoms with Crippen LogP contribution in [0.3, 0.4) is 0 Å². The van der Waals surface area contributed by atoms with Crippen LogP contribution in [0.1, 0.15) is 15.9 Å². The first-order valence-corrected chi connectivity index (χ1v) is 8.11. The zero-order valence-corrected chi connectivity index (χ0v) is 14.4. The van der Waals surface area contributed by atoms with E-state index in [0.717, 1.165) is 16.7 Å². The molecule has 2 N–H and O–H groups in total. The third-order valence-electron chi connectivity index (χ3n) is 3.89. The number of carbonyl (C=O) groups is 4. The van der Waals surface area contributed by atoms with E-state index in [1.54, 1.807) is 48.5 Å². The van der Waals surface area contributed by atoms with Gasteiger partial charge in [0.2, 0.25) is 5.91 Å². The van der Waals surface area contributed by atoms with Gasteiger partial charge in [-0.2, -0.15) is 5.10 Å². The molecule has 1 saturated heterocycles. The molecule has 1 aliphatic heterocycles. The van der Waals surface area contributed by atoms with Crippen molar-refractivity contribution < 1.29 is 19.2 Å². The molecule has 3 rings (SSSR count). The molecule has 0 radical (unpaired) electrons. The second-order valence-electron chi connectivity index (χ2n) is 5.87. The number of anilines is 1. The van der Waals surface area contributed by atoms with Gasteiger partial charge in [0, 0.05) is 11.8 Å². The summed E-state index contributed by atoms with van der Waals surface area (Å²) in [5.74, 6) is -3.36. The zero-order valence-electron chi connectivity index (χ0n) is 14.4. The number of hydrogen-bond donors (Lipinski definition) is 2. The van der Waals surface area contributed by atoms with Gasteiger partial charge in [-0.25, -0.2) is 15.1 Å². The largest absolute Gasteiger partial charge is 0.335 e. The fourth-order valence-corrected chi connectivity index (χ4v) is 2.56. The molecule has 0 bridgehead atoms. The maximum absolute atomic E-state index is 12.6. The molecule has 2 aromatic rings. The number of urea groups is 1. The van der Waals surface area contributed by atoms with Gasteiger partial charge in [0.15, 0.2) is 5.92 Å². The minimum absolute atomic E-state index is 0.344. The lowest BCUT2D eigenvalue weighted by Gasteiger charge is -2.28. The second kappa shape index (κ2) is 7.61. The van der Waals surface area contributed by atoms with Gasteiger partial charge >= 0.3 is 6.03 Å². The first kappa shape index (κ1) is 18.0. The SMILES string of the molecule is Cc1cccc(N2C(=O)NC(=O)[C@H](/C=N\NC(=O)c3ccccc3)C2=O)c1. The minimum Gasteiger partial charge on any atom is -0.276 e. The van der Waals surface area contributed by atoms with Crippen LogP contribution < -0.4 is 15.6 Å². The molecule has 0 saturated carbocycles. The fourth-order valence-electron chi connectivity index (χ4n) is 2.56. The highest BCUT2D eigenvalue weighted by Crippen LogP contribution is 2.21. The summed E-state index contributed by atoms with van der Waals surface area (Å²) in [6.45, 7) is 1.82. The highest BCUT2D eigenvalue weighted by atomic mass is 16.2. The molecule has 1 atom stereocenters. The number of benzene rings is 2. The van der Waals surface area contributed by atoms with Gasteiger partial charge in [0.1, 0.15) is 0 Å². The monoisotopic (exact) mass is 364 g/mol. The van der Waals surface area contributed by atoms with E-state index < -0.39 is 29.7 Å². The smallest absolute Gasteiger partial charge is 0.276 e. The minimum atomic E-state index is -1.33. The summed E-state index contributed by atoms with van der Waals surface area (Å²) >= 11 is 0. The number of imide groups is 2. The van der Waals surface area contributed by atoms with Crippen molar-refractivity contribution in [2.45, 2.75) is 6.92 Å². The average molecular weight is 364 g/mol.